The Bertz CT molecular complexity index is 275. The Balaban J connectivity index is 3.46. The van der Waals surface area contributed by atoms with Crippen LogP contribution < -0.4 is 0 Å². The van der Waals surface area contributed by atoms with Crippen LogP contribution in [0.4, 0.5) is 8.78 Å². The predicted octanol–water partition coefficient (Wildman–Crippen LogP) is 3.20. The van der Waals surface area contributed by atoms with E-state index in [1.54, 1.807) is 0 Å². The van der Waals surface area contributed by atoms with E-state index in [0.29, 0.717) is 0 Å². The van der Waals surface area contributed by atoms with E-state index in [0.717, 1.165) is 0 Å². The highest BCUT2D eigenvalue weighted by Gasteiger charge is 2.14. The third kappa shape index (κ3) is 1.54. The molecule has 0 aliphatic rings. The maximum absolute atomic E-state index is 12.6. The lowest BCUT2D eigenvalue weighted by Gasteiger charge is -2.00. The van der Waals surface area contributed by atoms with Crippen LogP contribution in [0.25, 0.3) is 0 Å². The Morgan fingerprint density at radius 1 is 1.09 bits per heavy atom. The van der Waals surface area contributed by atoms with Gasteiger partial charge in [-0.3, -0.25) is 0 Å². The quantitative estimate of drug-likeness (QED) is 0.727. The number of halogens is 4. The molecule has 0 radical (unpaired) electrons. The first-order valence-electron chi connectivity index (χ1n) is 2.56. The van der Waals surface area contributed by atoms with E-state index in [1.165, 1.54) is 6.07 Å². The van der Waals surface area contributed by atoms with Gasteiger partial charge in [0.2, 0.25) is 0 Å². The topological polar surface area (TPSA) is 20.2 Å². The van der Waals surface area contributed by atoms with Crippen molar-refractivity contribution >= 4 is 31.9 Å². The Hall–Kier alpha value is -0.160. The summed E-state index contributed by atoms with van der Waals surface area (Å²) in [4.78, 5) is 0. The molecule has 0 unspecified atom stereocenters. The van der Waals surface area contributed by atoms with Crippen molar-refractivity contribution in [3.8, 4) is 5.75 Å². The van der Waals surface area contributed by atoms with Crippen LogP contribution in [0.1, 0.15) is 0 Å². The maximum atomic E-state index is 12.6. The molecule has 0 aromatic heterocycles. The number of phenolic OH excluding ortho intramolecular Hbond substituents is 1. The Labute approximate surface area is 78.3 Å². The van der Waals surface area contributed by atoms with Crippen LogP contribution in [0.3, 0.4) is 0 Å². The van der Waals surface area contributed by atoms with Crippen LogP contribution in [0.15, 0.2) is 15.0 Å². The first-order chi connectivity index (χ1) is 5.04. The first kappa shape index (κ1) is 8.93. The van der Waals surface area contributed by atoms with E-state index in [9.17, 15) is 8.78 Å². The fraction of sp³-hybridized carbons (Fsp3) is 0. The standard InChI is InChI=1S/C6H2Br2F2O/c7-2-1-3(8)5(10)6(11)4(2)9/h1,11H. The molecule has 5 heteroatoms. The molecule has 0 saturated heterocycles. The van der Waals surface area contributed by atoms with Gasteiger partial charge in [-0.1, -0.05) is 0 Å². The van der Waals surface area contributed by atoms with Crippen molar-refractivity contribution in [2.75, 3.05) is 0 Å². The van der Waals surface area contributed by atoms with Crippen molar-refractivity contribution in [2.45, 2.75) is 0 Å². The van der Waals surface area contributed by atoms with Crippen molar-refractivity contribution in [1.82, 2.24) is 0 Å². The van der Waals surface area contributed by atoms with Gasteiger partial charge in [0.25, 0.3) is 0 Å². The highest BCUT2D eigenvalue weighted by atomic mass is 79.9. The average molecular weight is 288 g/mol. The molecule has 0 aliphatic heterocycles. The van der Waals surface area contributed by atoms with E-state index in [4.69, 9.17) is 5.11 Å². The third-order valence-corrected chi connectivity index (χ3v) is 2.24. The number of benzene rings is 1. The van der Waals surface area contributed by atoms with E-state index < -0.39 is 17.4 Å². The van der Waals surface area contributed by atoms with Gasteiger partial charge in [-0.2, -0.15) is 0 Å². The van der Waals surface area contributed by atoms with Crippen LogP contribution in [0, 0.1) is 11.6 Å². The van der Waals surface area contributed by atoms with Crippen molar-refractivity contribution in [3.63, 3.8) is 0 Å². The van der Waals surface area contributed by atoms with E-state index in [1.807, 2.05) is 0 Å². The molecule has 1 N–H and O–H groups in total. The van der Waals surface area contributed by atoms with Crippen LogP contribution in [-0.2, 0) is 0 Å². The average Bonchev–Trinajstić information content (AvgIpc) is 1.97. The third-order valence-electron chi connectivity index (χ3n) is 1.09. The highest BCUT2D eigenvalue weighted by Crippen LogP contribution is 2.32. The molecule has 0 atom stereocenters. The minimum atomic E-state index is -0.995. The molecule has 0 bridgehead atoms. The second kappa shape index (κ2) is 3.06. The van der Waals surface area contributed by atoms with Gasteiger partial charge in [-0.25, -0.2) is 8.78 Å². The smallest absolute Gasteiger partial charge is 0.190 e. The molecule has 1 aromatic rings. The van der Waals surface area contributed by atoms with Gasteiger partial charge in [-0.05, 0) is 37.9 Å². The molecule has 0 fully saturated rings. The summed E-state index contributed by atoms with van der Waals surface area (Å²) >= 11 is 5.60. The lowest BCUT2D eigenvalue weighted by Crippen LogP contribution is -1.85. The molecular formula is C6H2Br2F2O. The summed E-state index contributed by atoms with van der Waals surface area (Å²) in [5.74, 6) is -2.97. The van der Waals surface area contributed by atoms with Crippen molar-refractivity contribution in [2.24, 2.45) is 0 Å². The lowest BCUT2D eigenvalue weighted by atomic mass is 10.3. The minimum absolute atomic E-state index is 0.0169. The number of phenols is 1. The zero-order valence-electron chi connectivity index (χ0n) is 5.04. The molecule has 1 nitrogen and oxygen atoms in total. The summed E-state index contributed by atoms with van der Waals surface area (Å²) in [5, 5.41) is 8.76. The van der Waals surface area contributed by atoms with Crippen molar-refractivity contribution < 1.29 is 13.9 Å². The summed E-state index contributed by atoms with van der Waals surface area (Å²) in [7, 11) is 0. The fourth-order valence-electron chi connectivity index (χ4n) is 0.561. The van der Waals surface area contributed by atoms with E-state index >= 15 is 0 Å². The molecule has 1 rings (SSSR count). The molecule has 11 heavy (non-hydrogen) atoms. The van der Waals surface area contributed by atoms with Crippen LogP contribution in [0.5, 0.6) is 5.75 Å². The van der Waals surface area contributed by atoms with Crippen LogP contribution in [-0.4, -0.2) is 5.11 Å². The van der Waals surface area contributed by atoms with Crippen LogP contribution >= 0.6 is 31.9 Å². The maximum Gasteiger partial charge on any atom is 0.190 e. The number of rotatable bonds is 0. The normalized spacial score (nSPS) is 10.2. The van der Waals surface area contributed by atoms with Gasteiger partial charge in [0, 0.05) is 0 Å². The molecule has 0 spiro atoms. The Morgan fingerprint density at radius 3 is 1.82 bits per heavy atom. The summed E-state index contributed by atoms with van der Waals surface area (Å²) < 4.78 is 25.3. The van der Waals surface area contributed by atoms with Gasteiger partial charge >= 0.3 is 0 Å². The Morgan fingerprint density at radius 2 is 1.45 bits per heavy atom. The SMILES string of the molecule is Oc1c(F)c(Br)cc(Br)c1F. The van der Waals surface area contributed by atoms with Crippen molar-refractivity contribution in [1.29, 1.82) is 0 Å². The fourth-order valence-corrected chi connectivity index (χ4v) is 1.70. The molecule has 1 aromatic carbocycles. The predicted molar refractivity (Wildman–Crippen MR) is 43.4 cm³/mol. The molecule has 0 heterocycles. The van der Waals surface area contributed by atoms with Gasteiger partial charge in [0.15, 0.2) is 17.4 Å². The summed E-state index contributed by atoms with van der Waals surface area (Å²) in [6.45, 7) is 0. The molecule has 60 valence electrons. The van der Waals surface area contributed by atoms with Gasteiger partial charge < -0.3 is 5.11 Å². The second-order valence-corrected chi connectivity index (χ2v) is 3.53. The number of hydrogen-bond donors (Lipinski definition) is 1. The van der Waals surface area contributed by atoms with Crippen molar-refractivity contribution in [3.05, 3.63) is 26.6 Å². The molecule has 0 saturated carbocycles. The van der Waals surface area contributed by atoms with E-state index in [2.05, 4.69) is 31.9 Å². The van der Waals surface area contributed by atoms with Crippen LogP contribution in [0.2, 0.25) is 0 Å². The minimum Gasteiger partial charge on any atom is -0.503 e. The zero-order valence-corrected chi connectivity index (χ0v) is 8.21. The summed E-state index contributed by atoms with van der Waals surface area (Å²) in [6.07, 6.45) is 0. The second-order valence-electron chi connectivity index (χ2n) is 1.82. The summed E-state index contributed by atoms with van der Waals surface area (Å²) in [5.41, 5.74) is 0. The molecular weight excluding hydrogens is 286 g/mol. The molecule has 0 amide bonds. The van der Waals surface area contributed by atoms with E-state index in [-0.39, 0.29) is 8.95 Å². The first-order valence-corrected chi connectivity index (χ1v) is 4.14. The monoisotopic (exact) mass is 286 g/mol. The Kier molecular flexibility index (Phi) is 2.49. The molecule has 0 aliphatic carbocycles. The zero-order chi connectivity index (χ0) is 8.59. The number of hydrogen-bond acceptors (Lipinski definition) is 1. The summed E-state index contributed by atoms with van der Waals surface area (Å²) in [6, 6.07) is 1.18. The van der Waals surface area contributed by atoms with Gasteiger partial charge in [0.1, 0.15) is 0 Å². The largest absolute Gasteiger partial charge is 0.503 e. The van der Waals surface area contributed by atoms with Gasteiger partial charge in [0.05, 0.1) is 8.95 Å². The van der Waals surface area contributed by atoms with Gasteiger partial charge in [-0.15, -0.1) is 0 Å². The number of aromatic hydroxyl groups is 1. The highest BCUT2D eigenvalue weighted by molar-refractivity contribution is 9.11. The lowest BCUT2D eigenvalue weighted by molar-refractivity contribution is 0.393.